The summed E-state index contributed by atoms with van der Waals surface area (Å²) in [6.07, 6.45) is 1.48. The molecule has 0 saturated carbocycles. The molecule has 0 aliphatic rings. The highest BCUT2D eigenvalue weighted by Crippen LogP contribution is 2.29. The fraction of sp³-hybridized carbons (Fsp3) is 0.250. The number of hydrazone groups is 1. The van der Waals surface area contributed by atoms with Gasteiger partial charge in [0.05, 0.1) is 20.4 Å². The van der Waals surface area contributed by atoms with Crippen LogP contribution in [0.4, 0.5) is 5.69 Å². The van der Waals surface area contributed by atoms with Crippen molar-refractivity contribution in [1.82, 2.24) is 5.43 Å². The molecule has 0 atom stereocenters. The molecule has 142 valence electrons. The van der Waals surface area contributed by atoms with E-state index in [1.807, 2.05) is 24.3 Å². The molecule has 2 rings (SSSR count). The van der Waals surface area contributed by atoms with Gasteiger partial charge >= 0.3 is 11.8 Å². The molecule has 0 bridgehead atoms. The number of rotatable bonds is 6. The van der Waals surface area contributed by atoms with Gasteiger partial charge in [-0.1, -0.05) is 38.1 Å². The average Bonchev–Trinajstić information content (AvgIpc) is 2.68. The summed E-state index contributed by atoms with van der Waals surface area (Å²) in [7, 11) is 3.00. The van der Waals surface area contributed by atoms with Crippen molar-refractivity contribution in [2.75, 3.05) is 19.5 Å². The maximum absolute atomic E-state index is 12.0. The Morgan fingerprint density at radius 3 is 2.22 bits per heavy atom. The van der Waals surface area contributed by atoms with Crippen LogP contribution in [0.3, 0.4) is 0 Å². The Bertz CT molecular complexity index is 830. The van der Waals surface area contributed by atoms with Gasteiger partial charge in [0.2, 0.25) is 0 Å². The number of hydrogen-bond acceptors (Lipinski definition) is 5. The molecule has 2 N–H and O–H groups in total. The maximum Gasteiger partial charge on any atom is 0.329 e. The second-order valence-electron chi connectivity index (χ2n) is 6.04. The smallest absolute Gasteiger partial charge is 0.329 e. The lowest BCUT2D eigenvalue weighted by Gasteiger charge is -2.10. The third kappa shape index (κ3) is 5.57. The Kier molecular flexibility index (Phi) is 6.93. The zero-order valence-electron chi connectivity index (χ0n) is 15.8. The van der Waals surface area contributed by atoms with Crippen molar-refractivity contribution in [2.24, 2.45) is 5.10 Å². The van der Waals surface area contributed by atoms with E-state index in [2.05, 4.69) is 29.7 Å². The van der Waals surface area contributed by atoms with E-state index >= 15 is 0 Å². The van der Waals surface area contributed by atoms with E-state index in [0.29, 0.717) is 23.1 Å². The van der Waals surface area contributed by atoms with Gasteiger partial charge in [-0.3, -0.25) is 9.59 Å². The van der Waals surface area contributed by atoms with Gasteiger partial charge in [0, 0.05) is 11.8 Å². The van der Waals surface area contributed by atoms with E-state index in [1.165, 1.54) is 26.0 Å². The Morgan fingerprint density at radius 2 is 1.63 bits per heavy atom. The van der Waals surface area contributed by atoms with Crippen molar-refractivity contribution in [2.45, 2.75) is 19.8 Å². The molecule has 0 spiro atoms. The van der Waals surface area contributed by atoms with Gasteiger partial charge in [0.15, 0.2) is 11.5 Å². The molecule has 0 aliphatic heterocycles. The number of carbonyl (C=O) groups excluding carboxylic acids is 2. The molecule has 2 aromatic carbocycles. The average molecular weight is 369 g/mol. The van der Waals surface area contributed by atoms with Crippen LogP contribution in [0.5, 0.6) is 11.5 Å². The highest BCUT2D eigenvalue weighted by molar-refractivity contribution is 6.39. The van der Waals surface area contributed by atoms with Crippen LogP contribution in [0, 0.1) is 0 Å². The third-order valence-electron chi connectivity index (χ3n) is 3.83. The van der Waals surface area contributed by atoms with Crippen LogP contribution in [0.2, 0.25) is 0 Å². The van der Waals surface area contributed by atoms with Gasteiger partial charge in [-0.2, -0.15) is 5.10 Å². The van der Waals surface area contributed by atoms with Crippen LogP contribution < -0.4 is 20.2 Å². The van der Waals surface area contributed by atoms with Crippen molar-refractivity contribution >= 4 is 23.7 Å². The molecule has 2 amide bonds. The second-order valence-corrected chi connectivity index (χ2v) is 6.04. The van der Waals surface area contributed by atoms with Crippen LogP contribution >= 0.6 is 0 Å². The number of benzene rings is 2. The number of anilines is 1. The molecule has 0 heterocycles. The lowest BCUT2D eigenvalue weighted by molar-refractivity contribution is -0.136. The number of ether oxygens (including phenoxy) is 2. The van der Waals surface area contributed by atoms with Crippen molar-refractivity contribution < 1.29 is 19.1 Å². The number of methoxy groups -OCH3 is 2. The number of amides is 2. The number of carbonyl (C=O) groups is 2. The first-order chi connectivity index (χ1) is 12.9. The summed E-state index contributed by atoms with van der Waals surface area (Å²) in [6, 6.07) is 12.6. The lowest BCUT2D eigenvalue weighted by Crippen LogP contribution is -2.32. The van der Waals surface area contributed by atoms with Crippen molar-refractivity contribution in [3.05, 3.63) is 53.6 Å². The Balaban J connectivity index is 1.92. The fourth-order valence-corrected chi connectivity index (χ4v) is 2.29. The predicted molar refractivity (Wildman–Crippen MR) is 104 cm³/mol. The molecule has 0 saturated heterocycles. The first kappa shape index (κ1) is 20.0. The molecule has 2 aromatic rings. The molecular weight excluding hydrogens is 346 g/mol. The van der Waals surface area contributed by atoms with Crippen LogP contribution in [0.25, 0.3) is 0 Å². The van der Waals surface area contributed by atoms with Gasteiger partial charge in [-0.15, -0.1) is 0 Å². The minimum atomic E-state index is -0.875. The summed E-state index contributed by atoms with van der Waals surface area (Å²) in [5, 5.41) is 6.29. The summed E-state index contributed by atoms with van der Waals surface area (Å²) in [4.78, 5) is 23.8. The molecule has 0 fully saturated rings. The molecule has 0 unspecified atom stereocenters. The quantitative estimate of drug-likeness (QED) is 0.465. The van der Waals surface area contributed by atoms with Gasteiger partial charge < -0.3 is 14.8 Å². The van der Waals surface area contributed by atoms with E-state index in [0.717, 1.165) is 5.56 Å². The Labute approximate surface area is 158 Å². The van der Waals surface area contributed by atoms with Gasteiger partial charge in [0.25, 0.3) is 0 Å². The molecule has 7 nitrogen and oxygen atoms in total. The summed E-state index contributed by atoms with van der Waals surface area (Å²) in [5.74, 6) is -0.308. The van der Waals surface area contributed by atoms with Crippen molar-refractivity contribution in [3.63, 3.8) is 0 Å². The fourth-order valence-electron chi connectivity index (χ4n) is 2.29. The summed E-state index contributed by atoms with van der Waals surface area (Å²) < 4.78 is 10.3. The van der Waals surface area contributed by atoms with E-state index in [4.69, 9.17) is 9.47 Å². The second kappa shape index (κ2) is 9.38. The molecule has 27 heavy (non-hydrogen) atoms. The minimum absolute atomic E-state index is 0.404. The van der Waals surface area contributed by atoms with E-state index in [9.17, 15) is 9.59 Å². The Hall–Kier alpha value is -3.35. The zero-order chi connectivity index (χ0) is 19.8. The van der Waals surface area contributed by atoms with Gasteiger partial charge in [0.1, 0.15) is 0 Å². The van der Waals surface area contributed by atoms with Crippen LogP contribution in [0.15, 0.2) is 47.6 Å². The highest BCUT2D eigenvalue weighted by Gasteiger charge is 2.14. The van der Waals surface area contributed by atoms with Gasteiger partial charge in [-0.25, -0.2) is 5.43 Å². The van der Waals surface area contributed by atoms with Crippen LogP contribution in [-0.4, -0.2) is 32.2 Å². The first-order valence-corrected chi connectivity index (χ1v) is 8.41. The summed E-state index contributed by atoms with van der Waals surface area (Å²) >= 11 is 0. The normalized spacial score (nSPS) is 10.7. The number of hydrogen-bond donors (Lipinski definition) is 2. The maximum atomic E-state index is 12.0. The summed E-state index contributed by atoms with van der Waals surface area (Å²) in [6.45, 7) is 4.22. The monoisotopic (exact) mass is 369 g/mol. The molecular formula is C20H23N3O4. The molecule has 0 aromatic heterocycles. The van der Waals surface area contributed by atoms with Crippen molar-refractivity contribution in [1.29, 1.82) is 0 Å². The third-order valence-corrected chi connectivity index (χ3v) is 3.83. The largest absolute Gasteiger partial charge is 0.493 e. The molecule has 0 aliphatic carbocycles. The minimum Gasteiger partial charge on any atom is -0.493 e. The number of nitrogens with one attached hydrogen (secondary N) is 2. The van der Waals surface area contributed by atoms with Crippen LogP contribution in [0.1, 0.15) is 30.9 Å². The topological polar surface area (TPSA) is 89.0 Å². The van der Waals surface area contributed by atoms with Crippen molar-refractivity contribution in [3.8, 4) is 11.5 Å². The predicted octanol–water partition coefficient (Wildman–Crippen LogP) is 2.92. The highest BCUT2D eigenvalue weighted by atomic mass is 16.5. The van der Waals surface area contributed by atoms with E-state index < -0.39 is 11.8 Å². The van der Waals surface area contributed by atoms with Gasteiger partial charge in [-0.05, 0) is 29.2 Å². The molecule has 7 heteroatoms. The SMILES string of the molecule is COc1ccc(NC(=O)C(=O)N/N=C/c2ccc(C(C)C)cc2)cc1OC. The van der Waals surface area contributed by atoms with E-state index in [1.54, 1.807) is 18.2 Å². The standard InChI is InChI=1S/C20H23N3O4/c1-13(2)15-7-5-14(6-8-15)12-21-23-20(25)19(24)22-16-9-10-17(26-3)18(11-16)27-4/h5-13H,1-4H3,(H,22,24)(H,23,25)/b21-12+. The number of nitrogens with zero attached hydrogens (tertiary/aromatic N) is 1. The summed E-state index contributed by atoms with van der Waals surface area (Å²) in [5.41, 5.74) is 4.64. The lowest BCUT2D eigenvalue weighted by atomic mass is 10.0. The Morgan fingerprint density at radius 1 is 0.963 bits per heavy atom. The van der Waals surface area contributed by atoms with E-state index in [-0.39, 0.29) is 0 Å². The molecule has 0 radical (unpaired) electrons. The van der Waals surface area contributed by atoms with Crippen LogP contribution in [-0.2, 0) is 9.59 Å². The zero-order valence-corrected chi connectivity index (χ0v) is 15.8. The first-order valence-electron chi connectivity index (χ1n) is 8.41.